The van der Waals surface area contributed by atoms with Gasteiger partial charge in [0.1, 0.15) is 18.1 Å². The Labute approximate surface area is 181 Å². The topological polar surface area (TPSA) is 76.7 Å². The number of hydrogen-bond acceptors (Lipinski definition) is 5. The second kappa shape index (κ2) is 8.57. The minimum atomic E-state index is -0.323. The Morgan fingerprint density at radius 1 is 1.07 bits per heavy atom. The standard InChI is InChI=1S/C22H15Cl2N3O3/c23-15-7-10-20(18(24)11-15)30-13-21-26-19-4-2-1-3-17(19)22(29)27(21)25-12-14-5-8-16(28)9-6-14/h1-12,28H,13H2/b25-12+. The third-order valence-corrected chi connectivity index (χ3v) is 4.82. The summed E-state index contributed by atoms with van der Waals surface area (Å²) in [5.41, 5.74) is 0.927. The summed E-state index contributed by atoms with van der Waals surface area (Å²) in [6, 6.07) is 18.3. The lowest BCUT2D eigenvalue weighted by Gasteiger charge is -2.11. The lowest BCUT2D eigenvalue weighted by Crippen LogP contribution is -2.23. The van der Waals surface area contributed by atoms with Gasteiger partial charge in [-0.3, -0.25) is 4.79 Å². The average molecular weight is 440 g/mol. The number of aromatic hydroxyl groups is 1. The molecule has 0 aliphatic rings. The molecule has 1 heterocycles. The number of ether oxygens (including phenoxy) is 1. The van der Waals surface area contributed by atoms with Crippen LogP contribution in [0.1, 0.15) is 11.4 Å². The van der Waals surface area contributed by atoms with Gasteiger partial charge in [-0.05, 0) is 60.2 Å². The third-order valence-electron chi connectivity index (χ3n) is 4.29. The second-order valence-electron chi connectivity index (χ2n) is 6.36. The molecule has 0 bridgehead atoms. The number of rotatable bonds is 5. The van der Waals surface area contributed by atoms with Crippen LogP contribution in [0.25, 0.3) is 10.9 Å². The Balaban J connectivity index is 1.73. The molecular formula is C22H15Cl2N3O3. The van der Waals surface area contributed by atoms with E-state index in [0.717, 1.165) is 0 Å². The Morgan fingerprint density at radius 2 is 1.83 bits per heavy atom. The molecular weight excluding hydrogens is 425 g/mol. The van der Waals surface area contributed by atoms with Crippen molar-refractivity contribution in [1.29, 1.82) is 0 Å². The van der Waals surface area contributed by atoms with Crippen molar-refractivity contribution < 1.29 is 9.84 Å². The van der Waals surface area contributed by atoms with Crippen LogP contribution in [0.3, 0.4) is 0 Å². The van der Waals surface area contributed by atoms with E-state index in [1.54, 1.807) is 54.6 Å². The largest absolute Gasteiger partial charge is 0.508 e. The average Bonchev–Trinajstić information content (AvgIpc) is 2.74. The molecule has 1 N–H and O–H groups in total. The third kappa shape index (κ3) is 4.30. The first-order valence-electron chi connectivity index (χ1n) is 8.93. The molecule has 150 valence electrons. The predicted molar refractivity (Wildman–Crippen MR) is 118 cm³/mol. The van der Waals surface area contributed by atoms with E-state index in [1.165, 1.54) is 23.0 Å². The number of halogens is 2. The SMILES string of the molecule is O=c1c2ccccc2nc(COc2ccc(Cl)cc2Cl)n1/N=C/c1ccc(O)cc1. The van der Waals surface area contributed by atoms with Crippen molar-refractivity contribution in [1.82, 2.24) is 9.66 Å². The summed E-state index contributed by atoms with van der Waals surface area (Å²) in [5.74, 6) is 0.864. The molecule has 0 atom stereocenters. The Kier molecular flexibility index (Phi) is 5.70. The molecule has 1 aromatic heterocycles. The van der Waals surface area contributed by atoms with Gasteiger partial charge in [-0.2, -0.15) is 9.78 Å². The number of fused-ring (bicyclic) bond motifs is 1. The van der Waals surface area contributed by atoms with E-state index in [1.807, 2.05) is 0 Å². The second-order valence-corrected chi connectivity index (χ2v) is 7.21. The van der Waals surface area contributed by atoms with Gasteiger partial charge in [0.05, 0.1) is 22.1 Å². The molecule has 8 heteroatoms. The number of para-hydroxylation sites is 1. The summed E-state index contributed by atoms with van der Waals surface area (Å²) in [6.45, 7) is -0.0334. The number of aromatic nitrogens is 2. The van der Waals surface area contributed by atoms with Crippen molar-refractivity contribution in [2.45, 2.75) is 6.61 Å². The molecule has 0 radical (unpaired) electrons. The van der Waals surface area contributed by atoms with Crippen LogP contribution >= 0.6 is 23.2 Å². The van der Waals surface area contributed by atoms with Crippen LogP contribution in [0.15, 0.2) is 76.6 Å². The van der Waals surface area contributed by atoms with Crippen molar-refractivity contribution >= 4 is 40.3 Å². The zero-order valence-electron chi connectivity index (χ0n) is 15.5. The molecule has 0 spiro atoms. The first-order chi connectivity index (χ1) is 14.5. The number of phenols is 1. The fourth-order valence-corrected chi connectivity index (χ4v) is 3.26. The lowest BCUT2D eigenvalue weighted by molar-refractivity contribution is 0.289. The van der Waals surface area contributed by atoms with Gasteiger partial charge in [0.25, 0.3) is 5.56 Å². The highest BCUT2D eigenvalue weighted by molar-refractivity contribution is 6.35. The fourth-order valence-electron chi connectivity index (χ4n) is 2.80. The molecule has 0 amide bonds. The zero-order chi connectivity index (χ0) is 21.1. The number of benzene rings is 3. The van der Waals surface area contributed by atoms with Crippen LogP contribution < -0.4 is 10.3 Å². The summed E-state index contributed by atoms with van der Waals surface area (Å²) in [6.07, 6.45) is 1.51. The summed E-state index contributed by atoms with van der Waals surface area (Å²) in [4.78, 5) is 17.6. The molecule has 4 rings (SSSR count). The molecule has 4 aromatic rings. The van der Waals surface area contributed by atoms with Crippen LogP contribution in [0.4, 0.5) is 0 Å². The van der Waals surface area contributed by atoms with Crippen LogP contribution in [-0.4, -0.2) is 21.0 Å². The maximum Gasteiger partial charge on any atom is 0.282 e. The van der Waals surface area contributed by atoms with Crippen LogP contribution in [0, 0.1) is 0 Å². The number of hydrogen-bond donors (Lipinski definition) is 1. The molecule has 0 aliphatic carbocycles. The molecule has 0 unspecified atom stereocenters. The molecule has 3 aromatic carbocycles. The van der Waals surface area contributed by atoms with E-state index in [0.29, 0.717) is 38.1 Å². The molecule has 30 heavy (non-hydrogen) atoms. The maximum absolute atomic E-state index is 13.0. The highest BCUT2D eigenvalue weighted by Crippen LogP contribution is 2.28. The van der Waals surface area contributed by atoms with Gasteiger partial charge in [-0.25, -0.2) is 4.98 Å². The Hall–Kier alpha value is -3.35. The van der Waals surface area contributed by atoms with Crippen LogP contribution in [0.5, 0.6) is 11.5 Å². The quantitative estimate of drug-likeness (QED) is 0.450. The molecule has 0 fully saturated rings. The number of nitrogens with zero attached hydrogens (tertiary/aromatic N) is 3. The zero-order valence-corrected chi connectivity index (χ0v) is 17.0. The first-order valence-corrected chi connectivity index (χ1v) is 9.69. The summed E-state index contributed by atoms with van der Waals surface area (Å²) in [7, 11) is 0. The van der Waals surface area contributed by atoms with E-state index in [2.05, 4.69) is 10.1 Å². The molecule has 0 saturated carbocycles. The van der Waals surface area contributed by atoms with Gasteiger partial charge in [-0.15, -0.1) is 0 Å². The number of phenolic OH excluding ortho intramolecular Hbond substituents is 1. The molecule has 0 aliphatic heterocycles. The Morgan fingerprint density at radius 3 is 2.60 bits per heavy atom. The van der Waals surface area contributed by atoms with Gasteiger partial charge < -0.3 is 9.84 Å². The highest BCUT2D eigenvalue weighted by atomic mass is 35.5. The van der Waals surface area contributed by atoms with Gasteiger partial charge >= 0.3 is 0 Å². The Bertz CT molecular complexity index is 1300. The van der Waals surface area contributed by atoms with Crippen molar-refractivity contribution in [2.75, 3.05) is 0 Å². The van der Waals surface area contributed by atoms with E-state index < -0.39 is 0 Å². The van der Waals surface area contributed by atoms with Crippen molar-refractivity contribution in [2.24, 2.45) is 5.10 Å². The highest BCUT2D eigenvalue weighted by Gasteiger charge is 2.12. The smallest absolute Gasteiger partial charge is 0.282 e. The minimum Gasteiger partial charge on any atom is -0.508 e. The maximum atomic E-state index is 13.0. The first kappa shape index (κ1) is 19.9. The molecule has 6 nitrogen and oxygen atoms in total. The van der Waals surface area contributed by atoms with Crippen molar-refractivity contribution in [3.05, 3.63) is 98.5 Å². The molecule has 0 saturated heterocycles. The van der Waals surface area contributed by atoms with Crippen molar-refractivity contribution in [3.63, 3.8) is 0 Å². The van der Waals surface area contributed by atoms with E-state index in [4.69, 9.17) is 27.9 Å². The normalized spacial score (nSPS) is 11.3. The summed E-state index contributed by atoms with van der Waals surface area (Å²) < 4.78 is 6.96. The van der Waals surface area contributed by atoms with E-state index >= 15 is 0 Å². The van der Waals surface area contributed by atoms with Gasteiger partial charge in [0, 0.05) is 5.02 Å². The monoisotopic (exact) mass is 439 g/mol. The van der Waals surface area contributed by atoms with Gasteiger partial charge in [0.15, 0.2) is 5.82 Å². The summed E-state index contributed by atoms with van der Waals surface area (Å²) >= 11 is 12.1. The van der Waals surface area contributed by atoms with Gasteiger partial charge in [0.2, 0.25) is 0 Å². The lowest BCUT2D eigenvalue weighted by atomic mass is 10.2. The van der Waals surface area contributed by atoms with Crippen molar-refractivity contribution in [3.8, 4) is 11.5 Å². The van der Waals surface area contributed by atoms with Crippen LogP contribution in [0.2, 0.25) is 10.0 Å². The minimum absolute atomic E-state index is 0.0334. The summed E-state index contributed by atoms with van der Waals surface area (Å²) in [5, 5.41) is 15.0. The predicted octanol–water partition coefficient (Wildman–Crippen LogP) is 4.87. The van der Waals surface area contributed by atoms with Gasteiger partial charge in [-0.1, -0.05) is 35.3 Å². The van der Waals surface area contributed by atoms with Crippen LogP contribution in [-0.2, 0) is 6.61 Å². The van der Waals surface area contributed by atoms with E-state index in [9.17, 15) is 9.90 Å². The fraction of sp³-hybridized carbons (Fsp3) is 0.0455. The van der Waals surface area contributed by atoms with E-state index in [-0.39, 0.29) is 17.9 Å².